The summed E-state index contributed by atoms with van der Waals surface area (Å²) in [5.41, 5.74) is 1.93. The van der Waals surface area contributed by atoms with Crippen molar-refractivity contribution in [2.24, 2.45) is 0 Å². The Morgan fingerprint density at radius 1 is 1.39 bits per heavy atom. The van der Waals surface area contributed by atoms with Crippen LogP contribution in [-0.2, 0) is 22.6 Å². The Balaban J connectivity index is 1.66. The number of hydrogen-bond acceptors (Lipinski definition) is 4. The van der Waals surface area contributed by atoms with E-state index >= 15 is 0 Å². The summed E-state index contributed by atoms with van der Waals surface area (Å²) in [5.74, 6) is 0.953. The summed E-state index contributed by atoms with van der Waals surface area (Å²) in [7, 11) is 0. The lowest BCUT2D eigenvalue weighted by molar-refractivity contribution is -0.122. The summed E-state index contributed by atoms with van der Waals surface area (Å²) in [6.45, 7) is 2.22. The van der Waals surface area contributed by atoms with Crippen LogP contribution in [0, 0.1) is 0 Å². The number of anilines is 1. The molecule has 0 bridgehead atoms. The van der Waals surface area contributed by atoms with Gasteiger partial charge in [-0.1, -0.05) is 12.1 Å². The monoisotopic (exact) mass is 313 g/mol. The van der Waals surface area contributed by atoms with Gasteiger partial charge < -0.3 is 15.2 Å². The van der Waals surface area contributed by atoms with E-state index in [-0.39, 0.29) is 18.4 Å². The fraction of sp³-hybridized carbons (Fsp3) is 0.375. The van der Waals surface area contributed by atoms with Crippen LogP contribution < -0.4 is 10.6 Å². The summed E-state index contributed by atoms with van der Waals surface area (Å²) in [6, 6.07) is 7.85. The van der Waals surface area contributed by atoms with Crippen molar-refractivity contribution in [2.45, 2.75) is 32.2 Å². The molecule has 2 N–H and O–H groups in total. The van der Waals surface area contributed by atoms with Crippen LogP contribution in [0.1, 0.15) is 30.7 Å². The topological polar surface area (TPSA) is 88.9 Å². The van der Waals surface area contributed by atoms with Crippen molar-refractivity contribution >= 4 is 17.5 Å². The predicted octanol–water partition coefficient (Wildman–Crippen LogP) is 1.08. The molecule has 7 heteroatoms. The minimum absolute atomic E-state index is 0.0208. The molecule has 120 valence electrons. The third-order valence-corrected chi connectivity index (χ3v) is 3.97. The van der Waals surface area contributed by atoms with Crippen LogP contribution in [-0.4, -0.2) is 33.1 Å². The number of fused-ring (bicyclic) bond motifs is 1. The number of carbonyl (C=O) groups excluding carboxylic acids is 2. The summed E-state index contributed by atoms with van der Waals surface area (Å²) in [4.78, 5) is 22.6. The summed E-state index contributed by atoms with van der Waals surface area (Å²) < 4.78 is 2.08. The van der Waals surface area contributed by atoms with E-state index in [1.54, 1.807) is 6.33 Å². The smallest absolute Gasteiger partial charge is 0.243 e. The fourth-order valence-electron chi connectivity index (χ4n) is 2.81. The Morgan fingerprint density at radius 2 is 2.26 bits per heavy atom. The van der Waals surface area contributed by atoms with Crippen LogP contribution in [0.5, 0.6) is 0 Å². The van der Waals surface area contributed by atoms with Crippen LogP contribution in [0.4, 0.5) is 5.69 Å². The normalized spacial score (nSPS) is 16.5. The number of amides is 2. The van der Waals surface area contributed by atoms with E-state index in [0.717, 1.165) is 30.9 Å². The lowest BCUT2D eigenvalue weighted by atomic mass is 9.91. The number of benzene rings is 1. The van der Waals surface area contributed by atoms with Crippen molar-refractivity contribution < 1.29 is 9.59 Å². The zero-order valence-corrected chi connectivity index (χ0v) is 13.0. The lowest BCUT2D eigenvalue weighted by Crippen LogP contribution is -2.31. The van der Waals surface area contributed by atoms with Crippen LogP contribution >= 0.6 is 0 Å². The Kier molecular flexibility index (Phi) is 4.36. The third-order valence-electron chi connectivity index (χ3n) is 3.97. The molecule has 1 aromatic carbocycles. The first-order valence-corrected chi connectivity index (χ1v) is 7.63. The fourth-order valence-corrected chi connectivity index (χ4v) is 2.81. The minimum Gasteiger partial charge on any atom is -0.347 e. The average Bonchev–Trinajstić information content (AvgIpc) is 3.00. The van der Waals surface area contributed by atoms with Gasteiger partial charge in [-0.25, -0.2) is 0 Å². The molecule has 0 fully saturated rings. The van der Waals surface area contributed by atoms with Gasteiger partial charge in [0.25, 0.3) is 0 Å². The zero-order valence-electron chi connectivity index (χ0n) is 13.0. The maximum Gasteiger partial charge on any atom is 0.243 e. The van der Waals surface area contributed by atoms with Crippen LogP contribution in [0.25, 0.3) is 0 Å². The number of nitrogens with one attached hydrogen (secondary N) is 2. The highest BCUT2D eigenvalue weighted by molar-refractivity contribution is 5.94. The second kappa shape index (κ2) is 6.60. The number of rotatable bonds is 4. The maximum atomic E-state index is 11.8. The molecule has 1 aliphatic heterocycles. The zero-order chi connectivity index (χ0) is 16.2. The van der Waals surface area contributed by atoms with Gasteiger partial charge in [0.05, 0.1) is 6.54 Å². The van der Waals surface area contributed by atoms with Crippen molar-refractivity contribution in [1.82, 2.24) is 20.1 Å². The number of aryl methyl sites for hydroxylation is 1. The van der Waals surface area contributed by atoms with E-state index in [4.69, 9.17) is 0 Å². The van der Waals surface area contributed by atoms with Gasteiger partial charge in [0, 0.05) is 31.5 Å². The number of nitrogens with zero attached hydrogens (tertiary/aromatic N) is 3. The van der Waals surface area contributed by atoms with Crippen molar-refractivity contribution in [1.29, 1.82) is 0 Å². The first-order valence-electron chi connectivity index (χ1n) is 7.63. The van der Waals surface area contributed by atoms with Crippen molar-refractivity contribution in [3.63, 3.8) is 0 Å². The molecule has 1 aromatic heterocycles. The minimum atomic E-state index is -0.234. The molecule has 1 aliphatic rings. The Morgan fingerprint density at radius 3 is 3.09 bits per heavy atom. The lowest BCUT2D eigenvalue weighted by Gasteiger charge is -2.23. The van der Waals surface area contributed by atoms with Gasteiger partial charge >= 0.3 is 0 Å². The number of aromatic nitrogens is 3. The molecule has 0 radical (unpaired) electrons. The van der Waals surface area contributed by atoms with E-state index in [1.807, 2.05) is 18.2 Å². The molecular weight excluding hydrogens is 294 g/mol. The van der Waals surface area contributed by atoms with Gasteiger partial charge in [-0.2, -0.15) is 0 Å². The molecule has 1 atom stereocenters. The van der Waals surface area contributed by atoms with E-state index in [1.165, 1.54) is 12.5 Å². The molecule has 2 amide bonds. The molecule has 0 saturated carbocycles. The highest BCUT2D eigenvalue weighted by Gasteiger charge is 2.21. The summed E-state index contributed by atoms with van der Waals surface area (Å²) >= 11 is 0. The van der Waals surface area contributed by atoms with E-state index in [2.05, 4.69) is 31.5 Å². The molecule has 0 saturated heterocycles. The quantitative estimate of drug-likeness (QED) is 0.884. The van der Waals surface area contributed by atoms with Crippen LogP contribution in [0.15, 0.2) is 30.6 Å². The highest BCUT2D eigenvalue weighted by Crippen LogP contribution is 2.29. The molecule has 0 spiro atoms. The van der Waals surface area contributed by atoms with Crippen molar-refractivity contribution in [3.05, 3.63) is 42.0 Å². The van der Waals surface area contributed by atoms with Crippen LogP contribution in [0.2, 0.25) is 0 Å². The van der Waals surface area contributed by atoms with Gasteiger partial charge in [0.15, 0.2) is 0 Å². The molecule has 2 aromatic rings. The highest BCUT2D eigenvalue weighted by atomic mass is 16.2. The second-order valence-corrected chi connectivity index (χ2v) is 5.72. The van der Waals surface area contributed by atoms with Gasteiger partial charge in [-0.15, -0.1) is 10.2 Å². The SMILES string of the molecule is CC(=O)NCC(=O)Nc1cccc([C@H]2CCc3nncn3C2)c1. The van der Waals surface area contributed by atoms with Crippen LogP contribution in [0.3, 0.4) is 0 Å². The Labute approximate surface area is 134 Å². The molecule has 2 heterocycles. The van der Waals surface area contributed by atoms with Gasteiger partial charge in [0.2, 0.25) is 11.8 Å². The molecule has 0 unspecified atom stereocenters. The Hall–Kier alpha value is -2.70. The third kappa shape index (κ3) is 3.74. The number of carbonyl (C=O) groups is 2. The van der Waals surface area contributed by atoms with E-state index in [9.17, 15) is 9.59 Å². The van der Waals surface area contributed by atoms with Gasteiger partial charge in [-0.3, -0.25) is 9.59 Å². The van der Waals surface area contributed by atoms with Crippen molar-refractivity contribution in [2.75, 3.05) is 11.9 Å². The summed E-state index contributed by atoms with van der Waals surface area (Å²) in [5, 5.41) is 13.3. The van der Waals surface area contributed by atoms with Gasteiger partial charge in [0.1, 0.15) is 12.2 Å². The standard InChI is InChI=1S/C16H19N5O2/c1-11(22)17-8-16(23)19-14-4-2-3-12(7-14)13-5-6-15-20-18-10-21(15)9-13/h2-4,7,10,13H,5-6,8-9H2,1H3,(H,17,22)(H,19,23)/t13-/m0/s1. The van der Waals surface area contributed by atoms with Crippen molar-refractivity contribution in [3.8, 4) is 0 Å². The maximum absolute atomic E-state index is 11.8. The first kappa shape index (κ1) is 15.2. The molecule has 0 aliphatic carbocycles. The van der Waals surface area contributed by atoms with E-state index in [0.29, 0.717) is 5.92 Å². The number of hydrogen-bond donors (Lipinski definition) is 2. The molecular formula is C16H19N5O2. The molecule has 7 nitrogen and oxygen atoms in total. The Bertz CT molecular complexity index is 725. The second-order valence-electron chi connectivity index (χ2n) is 5.72. The predicted molar refractivity (Wildman–Crippen MR) is 84.8 cm³/mol. The largest absolute Gasteiger partial charge is 0.347 e. The molecule has 23 heavy (non-hydrogen) atoms. The first-order chi connectivity index (χ1) is 11.1. The molecule has 3 rings (SSSR count). The van der Waals surface area contributed by atoms with Gasteiger partial charge in [-0.05, 0) is 24.1 Å². The average molecular weight is 313 g/mol. The summed E-state index contributed by atoms with van der Waals surface area (Å²) in [6.07, 6.45) is 3.69. The van der Waals surface area contributed by atoms with E-state index < -0.39 is 0 Å².